The highest BCUT2D eigenvalue weighted by Gasteiger charge is 2.44. The number of hydrogen-bond acceptors (Lipinski definition) is 5. The van der Waals surface area contributed by atoms with Gasteiger partial charge in [-0.15, -0.1) is 0 Å². The first-order chi connectivity index (χ1) is 13.1. The highest BCUT2D eigenvalue weighted by Crippen LogP contribution is 2.53. The monoisotopic (exact) mass is 365 g/mol. The van der Waals surface area contributed by atoms with E-state index in [-0.39, 0.29) is 11.2 Å². The Bertz CT molecular complexity index is 990. The number of methoxy groups -OCH3 is 1. The summed E-state index contributed by atoms with van der Waals surface area (Å²) in [6.07, 6.45) is 5.32. The predicted molar refractivity (Wildman–Crippen MR) is 105 cm³/mol. The van der Waals surface area contributed by atoms with Gasteiger partial charge in [0.2, 0.25) is 5.82 Å². The molecule has 7 heteroatoms. The first-order valence-electron chi connectivity index (χ1n) is 9.10. The van der Waals surface area contributed by atoms with Gasteiger partial charge in [-0.25, -0.2) is 9.97 Å². The van der Waals surface area contributed by atoms with Crippen LogP contribution in [0.1, 0.15) is 47.9 Å². The van der Waals surface area contributed by atoms with Crippen molar-refractivity contribution in [1.29, 1.82) is 0 Å². The first kappa shape index (κ1) is 17.5. The number of nitrogen functional groups attached to an aromatic ring is 1. The summed E-state index contributed by atoms with van der Waals surface area (Å²) in [4.78, 5) is 24.4. The van der Waals surface area contributed by atoms with Crippen LogP contribution in [0, 0.1) is 0 Å². The maximum atomic E-state index is 12.6. The Hall–Kier alpha value is -2.93. The summed E-state index contributed by atoms with van der Waals surface area (Å²) >= 11 is 0. The molecule has 2 aromatic heterocycles. The van der Waals surface area contributed by atoms with Crippen molar-refractivity contribution in [1.82, 2.24) is 15.0 Å². The summed E-state index contributed by atoms with van der Waals surface area (Å²) in [6.45, 7) is 2.71. The zero-order valence-electron chi connectivity index (χ0n) is 15.5. The van der Waals surface area contributed by atoms with E-state index in [4.69, 9.17) is 10.5 Å². The molecule has 1 aliphatic carbocycles. The van der Waals surface area contributed by atoms with Crippen LogP contribution >= 0.6 is 0 Å². The molecule has 140 valence electrons. The second-order valence-corrected chi connectivity index (χ2v) is 7.08. The van der Waals surface area contributed by atoms with Gasteiger partial charge in [-0.1, -0.05) is 19.1 Å². The quantitative estimate of drug-likeness (QED) is 0.621. The summed E-state index contributed by atoms with van der Waals surface area (Å²) in [5.74, 6) is 0.00292. The molecule has 0 atom stereocenters. The van der Waals surface area contributed by atoms with Gasteiger partial charge in [0.05, 0.1) is 12.0 Å². The number of carbonyl (C=O) groups is 1. The number of carbonyl (C=O) groups excluding carboxylic acids is 1. The zero-order chi connectivity index (χ0) is 19.0. The average molecular weight is 365 g/mol. The zero-order valence-corrected chi connectivity index (χ0v) is 15.5. The van der Waals surface area contributed by atoms with Crippen molar-refractivity contribution in [3.05, 3.63) is 47.4 Å². The molecule has 0 unspecified atom stereocenters. The van der Waals surface area contributed by atoms with Crippen LogP contribution in [-0.4, -0.2) is 28.0 Å². The molecule has 2 heterocycles. The van der Waals surface area contributed by atoms with Crippen LogP contribution in [0.3, 0.4) is 0 Å². The number of anilines is 2. The number of nitrogens with two attached hydrogens (primary N) is 1. The SMILES string of the molecule is CCC1(c2c[nH]c3nc(C(=O)Nc4ccc(COC)cc4)nc(N)c23)CC1. The van der Waals surface area contributed by atoms with Crippen LogP contribution in [0.2, 0.25) is 0 Å². The van der Waals surface area contributed by atoms with Crippen molar-refractivity contribution in [3.8, 4) is 0 Å². The lowest BCUT2D eigenvalue weighted by Crippen LogP contribution is -2.17. The van der Waals surface area contributed by atoms with Crippen molar-refractivity contribution in [3.63, 3.8) is 0 Å². The number of aromatic amines is 1. The summed E-state index contributed by atoms with van der Waals surface area (Å²) in [5.41, 5.74) is 9.85. The highest BCUT2D eigenvalue weighted by molar-refractivity contribution is 6.03. The Kier molecular flexibility index (Phi) is 4.31. The van der Waals surface area contributed by atoms with Gasteiger partial charge in [-0.3, -0.25) is 4.79 Å². The third-order valence-electron chi connectivity index (χ3n) is 5.39. The van der Waals surface area contributed by atoms with E-state index in [1.54, 1.807) is 7.11 Å². The van der Waals surface area contributed by atoms with Gasteiger partial charge >= 0.3 is 0 Å². The maximum Gasteiger partial charge on any atom is 0.293 e. The Morgan fingerprint density at radius 1 is 1.30 bits per heavy atom. The minimum Gasteiger partial charge on any atom is -0.383 e. The van der Waals surface area contributed by atoms with E-state index in [1.165, 1.54) is 0 Å². The largest absolute Gasteiger partial charge is 0.383 e. The van der Waals surface area contributed by atoms with E-state index in [9.17, 15) is 4.79 Å². The number of H-pyrrole nitrogens is 1. The topological polar surface area (TPSA) is 106 Å². The number of aromatic nitrogens is 3. The highest BCUT2D eigenvalue weighted by atomic mass is 16.5. The fourth-order valence-corrected chi connectivity index (χ4v) is 3.58. The van der Waals surface area contributed by atoms with Gasteiger partial charge in [-0.05, 0) is 47.9 Å². The van der Waals surface area contributed by atoms with Crippen LogP contribution in [-0.2, 0) is 16.8 Å². The molecule has 0 spiro atoms. The van der Waals surface area contributed by atoms with Crippen LogP contribution in [0.4, 0.5) is 11.5 Å². The number of nitrogens with zero attached hydrogens (tertiary/aromatic N) is 2. The van der Waals surface area contributed by atoms with Crippen molar-refractivity contribution in [2.24, 2.45) is 0 Å². The third kappa shape index (κ3) is 3.14. The van der Waals surface area contributed by atoms with E-state index in [1.807, 2.05) is 30.5 Å². The van der Waals surface area contributed by atoms with Gasteiger partial charge in [-0.2, -0.15) is 0 Å². The summed E-state index contributed by atoms with van der Waals surface area (Å²) < 4.78 is 5.09. The third-order valence-corrected chi connectivity index (χ3v) is 5.39. The van der Waals surface area contributed by atoms with Crippen LogP contribution < -0.4 is 11.1 Å². The van der Waals surface area contributed by atoms with Crippen LogP contribution in [0.15, 0.2) is 30.5 Å². The second-order valence-electron chi connectivity index (χ2n) is 7.08. The Balaban J connectivity index is 1.59. The van der Waals surface area contributed by atoms with E-state index in [0.717, 1.165) is 35.8 Å². The lowest BCUT2D eigenvalue weighted by atomic mass is 9.93. The van der Waals surface area contributed by atoms with Crippen molar-refractivity contribution in [2.75, 3.05) is 18.2 Å². The van der Waals surface area contributed by atoms with Crippen molar-refractivity contribution in [2.45, 2.75) is 38.2 Å². The number of ether oxygens (including phenoxy) is 1. The molecule has 0 radical (unpaired) electrons. The fourth-order valence-electron chi connectivity index (χ4n) is 3.58. The Morgan fingerprint density at radius 2 is 2.04 bits per heavy atom. The molecule has 4 N–H and O–H groups in total. The molecule has 1 amide bonds. The summed E-state index contributed by atoms with van der Waals surface area (Å²) in [5, 5.41) is 3.65. The van der Waals surface area contributed by atoms with Crippen molar-refractivity contribution < 1.29 is 9.53 Å². The molecule has 4 rings (SSSR count). The molecule has 1 aromatic carbocycles. The Morgan fingerprint density at radius 3 is 2.67 bits per heavy atom. The van der Waals surface area contributed by atoms with E-state index in [2.05, 4.69) is 27.2 Å². The maximum absolute atomic E-state index is 12.6. The minimum absolute atomic E-state index is 0.0516. The molecule has 1 fully saturated rings. The van der Waals surface area contributed by atoms with Gasteiger partial charge < -0.3 is 20.8 Å². The smallest absolute Gasteiger partial charge is 0.293 e. The number of hydrogen-bond donors (Lipinski definition) is 3. The van der Waals surface area contributed by atoms with E-state index in [0.29, 0.717) is 23.8 Å². The number of amides is 1. The summed E-state index contributed by atoms with van der Waals surface area (Å²) in [7, 11) is 1.64. The molecular weight excluding hydrogens is 342 g/mol. The molecule has 0 bridgehead atoms. The summed E-state index contributed by atoms with van der Waals surface area (Å²) in [6, 6.07) is 7.43. The van der Waals surface area contributed by atoms with Gasteiger partial charge in [0.25, 0.3) is 5.91 Å². The molecule has 27 heavy (non-hydrogen) atoms. The molecule has 7 nitrogen and oxygen atoms in total. The molecule has 1 saturated carbocycles. The standard InChI is InChI=1S/C20H23N5O2/c1-3-20(8-9-20)14-10-22-17-15(14)16(21)24-18(25-17)19(26)23-13-6-4-12(5-7-13)11-27-2/h4-7,10H,3,8-9,11H2,1-2H3,(H,23,26)(H3,21,22,24,25). The van der Waals surface area contributed by atoms with Gasteiger partial charge in [0.15, 0.2) is 0 Å². The normalized spacial score (nSPS) is 15.0. The average Bonchev–Trinajstić information content (AvgIpc) is 3.35. The van der Waals surface area contributed by atoms with E-state index >= 15 is 0 Å². The molecule has 3 aromatic rings. The minimum atomic E-state index is -0.393. The van der Waals surface area contributed by atoms with E-state index < -0.39 is 5.91 Å². The molecule has 0 saturated heterocycles. The number of benzene rings is 1. The predicted octanol–water partition coefficient (Wildman–Crippen LogP) is 3.38. The number of rotatable bonds is 6. The first-order valence-corrected chi connectivity index (χ1v) is 9.10. The molecule has 1 aliphatic rings. The van der Waals surface area contributed by atoms with Gasteiger partial charge in [0.1, 0.15) is 11.5 Å². The molecular formula is C20H23N5O2. The fraction of sp³-hybridized carbons (Fsp3) is 0.350. The number of fused-ring (bicyclic) bond motifs is 1. The second kappa shape index (κ2) is 6.66. The van der Waals surface area contributed by atoms with Crippen molar-refractivity contribution >= 4 is 28.4 Å². The Labute approximate surface area is 157 Å². The van der Waals surface area contributed by atoms with Crippen LogP contribution in [0.25, 0.3) is 11.0 Å². The number of nitrogens with one attached hydrogen (secondary N) is 2. The molecule has 0 aliphatic heterocycles. The van der Waals surface area contributed by atoms with Gasteiger partial charge in [0, 0.05) is 19.0 Å². The lowest BCUT2D eigenvalue weighted by Gasteiger charge is -2.12. The lowest BCUT2D eigenvalue weighted by molar-refractivity contribution is 0.101. The van der Waals surface area contributed by atoms with Crippen LogP contribution in [0.5, 0.6) is 0 Å².